The van der Waals surface area contributed by atoms with Gasteiger partial charge in [-0.05, 0) is 28.6 Å². The molecule has 0 fully saturated rings. The van der Waals surface area contributed by atoms with Gasteiger partial charge in [0, 0.05) is 12.4 Å². The molecule has 0 bridgehead atoms. The maximum absolute atomic E-state index is 10.1. The van der Waals surface area contributed by atoms with Crippen LogP contribution in [0.2, 0.25) is 0 Å². The summed E-state index contributed by atoms with van der Waals surface area (Å²) < 4.78 is 3.63. The molecule has 0 saturated heterocycles. The van der Waals surface area contributed by atoms with Gasteiger partial charge < -0.3 is 14.7 Å². The standard InChI is InChI=1S/C27H17N3O.Au/c31-26-14-4-3-13-25(26)30-16-15-29(18-30)20-8-5-7-19(17-20)21-10-6-11-23-22-9-1-2-12-24(22)28-27(21)23;/h1-16,31H;/q-2;+3. The van der Waals surface area contributed by atoms with Crippen LogP contribution in [0.1, 0.15) is 0 Å². The zero-order valence-electron chi connectivity index (χ0n) is 16.8. The van der Waals surface area contributed by atoms with Crippen LogP contribution in [-0.2, 0) is 22.4 Å². The van der Waals surface area contributed by atoms with Gasteiger partial charge in [-0.2, -0.15) is 5.52 Å². The van der Waals surface area contributed by atoms with Crippen molar-refractivity contribution in [1.29, 1.82) is 0 Å². The van der Waals surface area contributed by atoms with Gasteiger partial charge >= 0.3 is 22.4 Å². The van der Waals surface area contributed by atoms with Gasteiger partial charge in [-0.15, -0.1) is 40.9 Å². The van der Waals surface area contributed by atoms with Gasteiger partial charge in [0.25, 0.3) is 6.33 Å². The average Bonchev–Trinajstić information content (AvgIpc) is 3.45. The van der Waals surface area contributed by atoms with Crippen LogP contribution in [0.15, 0.2) is 97.3 Å². The second kappa shape index (κ2) is 8.17. The molecule has 4 nitrogen and oxygen atoms in total. The van der Waals surface area contributed by atoms with Crippen molar-refractivity contribution in [3.63, 3.8) is 0 Å². The number of fused-ring (bicyclic) bond motifs is 3. The fourth-order valence-corrected chi connectivity index (χ4v) is 4.02. The monoisotopic (exact) mass is 596 g/mol. The molecule has 0 amide bonds. The Morgan fingerprint density at radius 2 is 1.59 bits per heavy atom. The third-order valence-electron chi connectivity index (χ3n) is 5.51. The van der Waals surface area contributed by atoms with Crippen LogP contribution in [0.3, 0.4) is 0 Å². The summed E-state index contributed by atoms with van der Waals surface area (Å²) in [5, 5.41) is 12.4. The van der Waals surface area contributed by atoms with E-state index in [1.807, 2.05) is 59.4 Å². The van der Waals surface area contributed by atoms with E-state index in [1.54, 1.807) is 16.7 Å². The van der Waals surface area contributed by atoms with Crippen LogP contribution in [0.4, 0.5) is 0 Å². The van der Waals surface area contributed by atoms with Crippen LogP contribution < -0.4 is 9.55 Å². The Bertz CT molecular complexity index is 1560. The quantitative estimate of drug-likeness (QED) is 0.178. The van der Waals surface area contributed by atoms with E-state index < -0.39 is 0 Å². The summed E-state index contributed by atoms with van der Waals surface area (Å²) in [4.78, 5) is 4.88. The van der Waals surface area contributed by atoms with E-state index in [4.69, 9.17) is 4.98 Å². The van der Waals surface area contributed by atoms with Gasteiger partial charge in [-0.3, -0.25) is 4.57 Å². The number of para-hydroxylation sites is 4. The predicted octanol–water partition coefficient (Wildman–Crippen LogP) is 4.99. The number of aromatic nitrogens is 3. The third-order valence-corrected chi connectivity index (χ3v) is 5.51. The molecule has 0 aliphatic heterocycles. The first-order valence-electron chi connectivity index (χ1n) is 10.1. The average molecular weight is 596 g/mol. The summed E-state index contributed by atoms with van der Waals surface area (Å²) >= 11 is 0. The number of benzene rings is 4. The molecule has 0 aliphatic carbocycles. The predicted molar refractivity (Wildman–Crippen MR) is 120 cm³/mol. The molecule has 32 heavy (non-hydrogen) atoms. The van der Waals surface area contributed by atoms with E-state index in [0.717, 1.165) is 38.6 Å². The second-order valence-electron chi connectivity index (χ2n) is 7.41. The number of phenols is 1. The van der Waals surface area contributed by atoms with Gasteiger partial charge in [0.05, 0.1) is 0 Å². The van der Waals surface area contributed by atoms with E-state index in [1.165, 1.54) is 0 Å². The number of nitrogens with zero attached hydrogens (tertiary/aromatic N) is 3. The van der Waals surface area contributed by atoms with E-state index in [-0.39, 0.29) is 28.1 Å². The minimum Gasteiger partial charge on any atom is -0.664 e. The SMILES string of the molecule is Oc1ccccc1-[n+]1[c-]n(-c2[c-]c(-c3cccc4c3[n-]c3ccccc34)ccc2)cc1.[Au+3]. The molecule has 0 aliphatic rings. The van der Waals surface area contributed by atoms with Crippen LogP contribution in [0.25, 0.3) is 44.3 Å². The maximum Gasteiger partial charge on any atom is 3.00 e. The van der Waals surface area contributed by atoms with Crippen LogP contribution in [-0.4, -0.2) is 9.67 Å². The molecule has 4 aromatic carbocycles. The molecule has 156 valence electrons. The molecule has 0 saturated carbocycles. The van der Waals surface area contributed by atoms with E-state index in [0.29, 0.717) is 5.69 Å². The number of aromatic hydroxyl groups is 1. The molecule has 6 rings (SSSR count). The molecule has 2 heterocycles. The summed E-state index contributed by atoms with van der Waals surface area (Å²) in [5.74, 6) is 0.209. The van der Waals surface area contributed by atoms with Gasteiger partial charge in [0.2, 0.25) is 0 Å². The van der Waals surface area contributed by atoms with Crippen molar-refractivity contribution in [3.8, 4) is 28.3 Å². The molecular formula is C27H17AuN3O+. The maximum atomic E-state index is 10.1. The molecule has 0 atom stereocenters. The second-order valence-corrected chi connectivity index (χ2v) is 7.41. The van der Waals surface area contributed by atoms with Crippen molar-refractivity contribution in [2.24, 2.45) is 0 Å². The Morgan fingerprint density at radius 1 is 0.812 bits per heavy atom. The minimum absolute atomic E-state index is 0. The summed E-state index contributed by atoms with van der Waals surface area (Å²) in [7, 11) is 0. The third kappa shape index (κ3) is 3.35. The normalized spacial score (nSPS) is 11.0. The fourth-order valence-electron chi connectivity index (χ4n) is 4.02. The molecule has 0 radical (unpaired) electrons. The van der Waals surface area contributed by atoms with Gasteiger partial charge in [-0.1, -0.05) is 54.6 Å². The van der Waals surface area contributed by atoms with Crippen molar-refractivity contribution in [3.05, 3.63) is 110 Å². The molecule has 2 aromatic heterocycles. The zero-order chi connectivity index (χ0) is 20.8. The van der Waals surface area contributed by atoms with Crippen molar-refractivity contribution in [1.82, 2.24) is 9.55 Å². The number of imidazole rings is 1. The Labute approximate surface area is 200 Å². The molecule has 0 unspecified atom stereocenters. The van der Waals surface area contributed by atoms with Crippen LogP contribution >= 0.6 is 0 Å². The minimum atomic E-state index is 0. The van der Waals surface area contributed by atoms with Gasteiger partial charge in [0.1, 0.15) is 11.4 Å². The Hall–Kier alpha value is -3.57. The van der Waals surface area contributed by atoms with Gasteiger partial charge in [0.15, 0.2) is 0 Å². The topological polar surface area (TPSA) is 43.1 Å². The van der Waals surface area contributed by atoms with E-state index in [2.05, 4.69) is 42.7 Å². The number of hydrogen-bond donors (Lipinski definition) is 1. The number of rotatable bonds is 3. The Kier molecular flexibility index (Phi) is 5.19. The van der Waals surface area contributed by atoms with E-state index in [9.17, 15) is 5.11 Å². The molecule has 6 aromatic rings. The summed E-state index contributed by atoms with van der Waals surface area (Å²) in [6, 6.07) is 31.3. The Balaban J connectivity index is 0.00000216. The summed E-state index contributed by atoms with van der Waals surface area (Å²) in [6.45, 7) is 0. The first kappa shape index (κ1) is 20.3. The van der Waals surface area contributed by atoms with Crippen LogP contribution in [0.5, 0.6) is 5.75 Å². The zero-order valence-corrected chi connectivity index (χ0v) is 19.0. The van der Waals surface area contributed by atoms with Crippen molar-refractivity contribution < 1.29 is 32.1 Å². The van der Waals surface area contributed by atoms with Crippen molar-refractivity contribution >= 4 is 21.8 Å². The van der Waals surface area contributed by atoms with Crippen molar-refractivity contribution in [2.45, 2.75) is 0 Å². The first-order valence-corrected chi connectivity index (χ1v) is 10.1. The number of hydrogen-bond acceptors (Lipinski definition) is 1. The fraction of sp³-hybridized carbons (Fsp3) is 0. The molecule has 0 spiro atoms. The largest absolute Gasteiger partial charge is 3.00 e. The Morgan fingerprint density at radius 3 is 2.50 bits per heavy atom. The molecule has 5 heteroatoms. The summed E-state index contributed by atoms with van der Waals surface area (Å²) in [5.41, 5.74) is 5.55. The number of phenolic OH excluding ortho intramolecular Hbond substituents is 1. The van der Waals surface area contributed by atoms with E-state index >= 15 is 0 Å². The molecular weight excluding hydrogens is 579 g/mol. The van der Waals surface area contributed by atoms with Crippen molar-refractivity contribution in [2.75, 3.05) is 0 Å². The smallest absolute Gasteiger partial charge is 0.664 e. The van der Waals surface area contributed by atoms with Gasteiger partial charge in [-0.25, -0.2) is 0 Å². The molecule has 1 N–H and O–H groups in total. The summed E-state index contributed by atoms with van der Waals surface area (Å²) in [6.07, 6.45) is 7.01. The first-order chi connectivity index (χ1) is 15.3. The van der Waals surface area contributed by atoms with Crippen LogP contribution in [0, 0.1) is 12.4 Å².